The summed E-state index contributed by atoms with van der Waals surface area (Å²) in [6, 6.07) is 0.417. The lowest BCUT2D eigenvalue weighted by Crippen LogP contribution is -2.52. The summed E-state index contributed by atoms with van der Waals surface area (Å²) in [5.41, 5.74) is -0.203. The van der Waals surface area contributed by atoms with Crippen molar-refractivity contribution in [3.8, 4) is 0 Å². The predicted molar refractivity (Wildman–Crippen MR) is 72.8 cm³/mol. The Morgan fingerprint density at radius 1 is 1.50 bits per heavy atom. The first-order valence-corrected chi connectivity index (χ1v) is 6.72. The summed E-state index contributed by atoms with van der Waals surface area (Å²) in [6.07, 6.45) is 2.34. The Kier molecular flexibility index (Phi) is 5.88. The van der Waals surface area contributed by atoms with Gasteiger partial charge in [0, 0.05) is 31.8 Å². The molecule has 1 unspecified atom stereocenters. The summed E-state index contributed by atoms with van der Waals surface area (Å²) in [6.45, 7) is 9.00. The van der Waals surface area contributed by atoms with Crippen LogP contribution in [0.5, 0.6) is 0 Å². The van der Waals surface area contributed by atoms with Crippen molar-refractivity contribution in [2.24, 2.45) is 0 Å². The molecule has 0 aliphatic carbocycles. The molecule has 2 amide bonds. The fourth-order valence-electron chi connectivity index (χ4n) is 2.06. The maximum atomic E-state index is 12.2. The van der Waals surface area contributed by atoms with E-state index in [2.05, 4.69) is 10.6 Å². The molecule has 5 nitrogen and oxygen atoms in total. The quantitative estimate of drug-likeness (QED) is 0.778. The molecule has 0 bridgehead atoms. The molecule has 0 aromatic rings. The molecule has 1 rings (SSSR count). The lowest BCUT2D eigenvalue weighted by Gasteiger charge is -2.30. The van der Waals surface area contributed by atoms with Crippen LogP contribution in [0.3, 0.4) is 0 Å². The average Bonchev–Trinajstić information content (AvgIpc) is 2.74. The van der Waals surface area contributed by atoms with Crippen LogP contribution >= 0.6 is 0 Å². The number of rotatable bonds is 5. The third-order valence-corrected chi connectivity index (χ3v) is 2.94. The summed E-state index contributed by atoms with van der Waals surface area (Å²) < 4.78 is 5.08. The van der Waals surface area contributed by atoms with E-state index in [1.807, 2.05) is 25.7 Å². The van der Waals surface area contributed by atoms with Crippen LogP contribution in [0.25, 0.3) is 0 Å². The van der Waals surface area contributed by atoms with Crippen molar-refractivity contribution in [1.29, 1.82) is 0 Å². The average molecular weight is 257 g/mol. The van der Waals surface area contributed by atoms with Gasteiger partial charge < -0.3 is 20.3 Å². The summed E-state index contributed by atoms with van der Waals surface area (Å²) >= 11 is 0. The number of carbonyl (C=O) groups excluding carboxylic acids is 1. The zero-order valence-electron chi connectivity index (χ0n) is 12.1. The van der Waals surface area contributed by atoms with E-state index in [1.54, 1.807) is 7.11 Å². The highest BCUT2D eigenvalue weighted by atomic mass is 16.5. The molecule has 1 saturated heterocycles. The third-order valence-electron chi connectivity index (χ3n) is 2.94. The molecule has 1 aliphatic heterocycles. The van der Waals surface area contributed by atoms with Crippen LogP contribution in [0.1, 0.15) is 33.6 Å². The molecule has 0 saturated carbocycles. The maximum Gasteiger partial charge on any atom is 0.317 e. The summed E-state index contributed by atoms with van der Waals surface area (Å²) in [4.78, 5) is 14.0. The van der Waals surface area contributed by atoms with E-state index in [4.69, 9.17) is 4.74 Å². The van der Waals surface area contributed by atoms with E-state index in [9.17, 15) is 4.79 Å². The molecule has 0 spiro atoms. The van der Waals surface area contributed by atoms with E-state index in [1.165, 1.54) is 6.42 Å². The molecular weight excluding hydrogens is 230 g/mol. The number of hydrogen-bond acceptors (Lipinski definition) is 3. The van der Waals surface area contributed by atoms with E-state index in [-0.39, 0.29) is 11.6 Å². The fourth-order valence-corrected chi connectivity index (χ4v) is 2.06. The standard InChI is InChI=1S/C13H27N3O2/c1-13(2,3)15-12(17)16(8-9-18-4)10-11-6-5-7-14-11/h11,14H,5-10H2,1-4H3,(H,15,17). The molecule has 0 aromatic heterocycles. The molecule has 0 aromatic carbocycles. The number of urea groups is 1. The number of methoxy groups -OCH3 is 1. The SMILES string of the molecule is COCCN(CC1CCCN1)C(=O)NC(C)(C)C. The maximum absolute atomic E-state index is 12.2. The second-order valence-electron chi connectivity index (χ2n) is 5.91. The molecule has 2 N–H and O–H groups in total. The highest BCUT2D eigenvalue weighted by Crippen LogP contribution is 2.08. The van der Waals surface area contributed by atoms with Crippen molar-refractivity contribution < 1.29 is 9.53 Å². The predicted octanol–water partition coefficient (Wildman–Crippen LogP) is 1.19. The van der Waals surface area contributed by atoms with Crippen LogP contribution in [-0.4, -0.2) is 55.9 Å². The van der Waals surface area contributed by atoms with Crippen molar-refractivity contribution in [3.63, 3.8) is 0 Å². The Hall–Kier alpha value is -0.810. The highest BCUT2D eigenvalue weighted by Gasteiger charge is 2.23. The van der Waals surface area contributed by atoms with Crippen LogP contribution in [-0.2, 0) is 4.74 Å². The molecule has 18 heavy (non-hydrogen) atoms. The molecule has 0 radical (unpaired) electrons. The molecule has 1 fully saturated rings. The van der Waals surface area contributed by atoms with Gasteiger partial charge in [-0.1, -0.05) is 0 Å². The largest absolute Gasteiger partial charge is 0.383 e. The van der Waals surface area contributed by atoms with Crippen LogP contribution in [0, 0.1) is 0 Å². The summed E-state index contributed by atoms with van der Waals surface area (Å²) in [7, 11) is 1.66. The Morgan fingerprint density at radius 2 is 2.22 bits per heavy atom. The highest BCUT2D eigenvalue weighted by molar-refractivity contribution is 5.75. The van der Waals surface area contributed by atoms with E-state index in [0.717, 1.165) is 19.5 Å². The van der Waals surface area contributed by atoms with Crippen molar-refractivity contribution in [1.82, 2.24) is 15.5 Å². The Bertz CT molecular complexity index is 257. The fraction of sp³-hybridized carbons (Fsp3) is 0.923. The zero-order chi connectivity index (χ0) is 13.6. The number of hydrogen-bond donors (Lipinski definition) is 2. The molecule has 5 heteroatoms. The minimum absolute atomic E-state index is 0.00625. The molecule has 106 valence electrons. The van der Waals surface area contributed by atoms with Gasteiger partial charge in [-0.2, -0.15) is 0 Å². The van der Waals surface area contributed by atoms with Gasteiger partial charge in [0.05, 0.1) is 6.61 Å². The minimum atomic E-state index is -0.203. The van der Waals surface area contributed by atoms with E-state index >= 15 is 0 Å². The van der Waals surface area contributed by atoms with Crippen molar-refractivity contribution in [2.75, 3.05) is 33.4 Å². The van der Waals surface area contributed by atoms with Gasteiger partial charge in [-0.05, 0) is 40.2 Å². The second-order valence-corrected chi connectivity index (χ2v) is 5.91. The van der Waals surface area contributed by atoms with E-state index in [0.29, 0.717) is 19.2 Å². The van der Waals surface area contributed by atoms with Gasteiger partial charge >= 0.3 is 6.03 Å². The number of nitrogens with zero attached hydrogens (tertiary/aromatic N) is 1. The van der Waals surface area contributed by atoms with Gasteiger partial charge in [-0.15, -0.1) is 0 Å². The zero-order valence-corrected chi connectivity index (χ0v) is 12.1. The number of ether oxygens (including phenoxy) is 1. The van der Waals surface area contributed by atoms with Gasteiger partial charge in [-0.25, -0.2) is 4.79 Å². The number of carbonyl (C=O) groups is 1. The first-order valence-electron chi connectivity index (χ1n) is 6.72. The van der Waals surface area contributed by atoms with Crippen molar-refractivity contribution in [3.05, 3.63) is 0 Å². The number of nitrogens with one attached hydrogen (secondary N) is 2. The lowest BCUT2D eigenvalue weighted by atomic mass is 10.1. The smallest absolute Gasteiger partial charge is 0.317 e. The molecular formula is C13H27N3O2. The monoisotopic (exact) mass is 257 g/mol. The van der Waals surface area contributed by atoms with Gasteiger partial charge in [-0.3, -0.25) is 0 Å². The normalized spacial score (nSPS) is 19.9. The number of amides is 2. The van der Waals surface area contributed by atoms with E-state index < -0.39 is 0 Å². The first-order chi connectivity index (χ1) is 8.42. The molecule has 1 atom stereocenters. The Labute approximate surface area is 110 Å². The van der Waals surface area contributed by atoms with Crippen LogP contribution in [0.4, 0.5) is 4.79 Å². The van der Waals surface area contributed by atoms with Gasteiger partial charge in [0.25, 0.3) is 0 Å². The van der Waals surface area contributed by atoms with Crippen LogP contribution in [0.2, 0.25) is 0 Å². The van der Waals surface area contributed by atoms with Crippen molar-refractivity contribution >= 4 is 6.03 Å². The van der Waals surface area contributed by atoms with Crippen LogP contribution < -0.4 is 10.6 Å². The third kappa shape index (κ3) is 5.69. The van der Waals surface area contributed by atoms with Gasteiger partial charge in [0.15, 0.2) is 0 Å². The minimum Gasteiger partial charge on any atom is -0.383 e. The topological polar surface area (TPSA) is 53.6 Å². The molecule has 1 heterocycles. The molecule has 1 aliphatic rings. The van der Waals surface area contributed by atoms with Crippen molar-refractivity contribution in [2.45, 2.75) is 45.2 Å². The first kappa shape index (κ1) is 15.2. The second kappa shape index (κ2) is 6.95. The van der Waals surface area contributed by atoms with Gasteiger partial charge in [0.1, 0.15) is 0 Å². The van der Waals surface area contributed by atoms with Crippen LogP contribution in [0.15, 0.2) is 0 Å². The van der Waals surface area contributed by atoms with Gasteiger partial charge in [0.2, 0.25) is 0 Å². The summed E-state index contributed by atoms with van der Waals surface area (Å²) in [5, 5.41) is 6.42. The Balaban J connectivity index is 2.50. The lowest BCUT2D eigenvalue weighted by molar-refractivity contribution is 0.141. The Morgan fingerprint density at radius 3 is 2.72 bits per heavy atom. The summed E-state index contributed by atoms with van der Waals surface area (Å²) in [5.74, 6) is 0.